The Hall–Kier alpha value is -1.80. The zero-order chi connectivity index (χ0) is 12.3. The average Bonchev–Trinajstić information content (AvgIpc) is 2.38. The minimum absolute atomic E-state index is 0.606. The molecular formula is C15H17NO. The molecule has 0 amide bonds. The normalized spacial score (nSPS) is 12.4. The predicted molar refractivity (Wildman–Crippen MR) is 70.7 cm³/mol. The van der Waals surface area contributed by atoms with E-state index in [0.717, 1.165) is 17.5 Å². The first kappa shape index (κ1) is 11.7. The van der Waals surface area contributed by atoms with Gasteiger partial charge in [-0.25, -0.2) is 0 Å². The lowest BCUT2D eigenvalue weighted by molar-refractivity contribution is 0.220. The molecule has 2 rings (SSSR count). The van der Waals surface area contributed by atoms with Crippen LogP contribution < -0.4 is 5.73 Å². The molecule has 2 nitrogen and oxygen atoms in total. The first-order chi connectivity index (χ1) is 8.20. The first-order valence-electron chi connectivity index (χ1n) is 5.83. The van der Waals surface area contributed by atoms with Gasteiger partial charge in [0.2, 0.25) is 0 Å². The molecular weight excluding hydrogens is 210 g/mol. The van der Waals surface area contributed by atoms with E-state index in [2.05, 4.69) is 13.0 Å². The molecule has 0 aliphatic rings. The van der Waals surface area contributed by atoms with Crippen LogP contribution in [0.4, 0.5) is 5.69 Å². The third kappa shape index (κ3) is 2.66. The Kier molecular flexibility index (Phi) is 3.45. The second-order valence-corrected chi connectivity index (χ2v) is 4.17. The fourth-order valence-electron chi connectivity index (χ4n) is 1.90. The highest BCUT2D eigenvalue weighted by Crippen LogP contribution is 2.24. The van der Waals surface area contributed by atoms with Crippen LogP contribution in [0.5, 0.6) is 0 Å². The minimum atomic E-state index is -0.606. The van der Waals surface area contributed by atoms with Gasteiger partial charge >= 0.3 is 0 Å². The summed E-state index contributed by atoms with van der Waals surface area (Å²) in [5.74, 6) is 0. The number of aliphatic hydroxyl groups excluding tert-OH is 1. The molecule has 0 saturated heterocycles. The fourth-order valence-corrected chi connectivity index (χ4v) is 1.90. The molecule has 17 heavy (non-hydrogen) atoms. The van der Waals surface area contributed by atoms with Crippen LogP contribution in [0.3, 0.4) is 0 Å². The van der Waals surface area contributed by atoms with Gasteiger partial charge in [-0.1, -0.05) is 43.3 Å². The molecule has 2 heteroatoms. The van der Waals surface area contributed by atoms with E-state index in [1.54, 1.807) is 0 Å². The van der Waals surface area contributed by atoms with Crippen molar-refractivity contribution in [2.45, 2.75) is 19.4 Å². The molecule has 0 heterocycles. The summed E-state index contributed by atoms with van der Waals surface area (Å²) in [5, 5.41) is 10.3. The fraction of sp³-hybridized carbons (Fsp3) is 0.200. The van der Waals surface area contributed by atoms with Gasteiger partial charge < -0.3 is 10.8 Å². The molecule has 2 aromatic carbocycles. The van der Waals surface area contributed by atoms with Gasteiger partial charge in [-0.15, -0.1) is 0 Å². The molecule has 88 valence electrons. The van der Waals surface area contributed by atoms with Gasteiger partial charge in [0.1, 0.15) is 6.10 Å². The van der Waals surface area contributed by atoms with Crippen molar-refractivity contribution in [3.63, 3.8) is 0 Å². The van der Waals surface area contributed by atoms with Crippen LogP contribution in [0, 0.1) is 0 Å². The van der Waals surface area contributed by atoms with E-state index < -0.39 is 6.10 Å². The van der Waals surface area contributed by atoms with Crippen molar-refractivity contribution >= 4 is 5.69 Å². The zero-order valence-electron chi connectivity index (χ0n) is 9.93. The van der Waals surface area contributed by atoms with Crippen LogP contribution in [-0.2, 0) is 6.42 Å². The van der Waals surface area contributed by atoms with Gasteiger partial charge in [0.05, 0.1) is 0 Å². The van der Waals surface area contributed by atoms with Crippen LogP contribution in [0.2, 0.25) is 0 Å². The Balaban J connectivity index is 2.33. The number of benzene rings is 2. The van der Waals surface area contributed by atoms with Crippen molar-refractivity contribution in [3.8, 4) is 0 Å². The number of rotatable bonds is 3. The molecule has 0 radical (unpaired) electrons. The van der Waals surface area contributed by atoms with Crippen molar-refractivity contribution in [2.24, 2.45) is 0 Å². The van der Waals surface area contributed by atoms with Gasteiger partial charge in [-0.05, 0) is 35.2 Å². The molecule has 0 aliphatic heterocycles. The molecule has 0 spiro atoms. The number of anilines is 1. The van der Waals surface area contributed by atoms with Gasteiger partial charge in [-0.2, -0.15) is 0 Å². The lowest BCUT2D eigenvalue weighted by Gasteiger charge is -2.13. The van der Waals surface area contributed by atoms with Crippen LogP contribution in [-0.4, -0.2) is 5.11 Å². The molecule has 1 unspecified atom stereocenters. The third-order valence-corrected chi connectivity index (χ3v) is 2.90. The zero-order valence-corrected chi connectivity index (χ0v) is 9.93. The second-order valence-electron chi connectivity index (χ2n) is 4.17. The number of hydrogen-bond donors (Lipinski definition) is 2. The SMILES string of the molecule is CCc1cccc(C(O)c2cccc(N)c2)c1. The maximum Gasteiger partial charge on any atom is 0.104 e. The summed E-state index contributed by atoms with van der Waals surface area (Å²) in [6, 6.07) is 15.4. The van der Waals surface area contributed by atoms with Crippen LogP contribution in [0.1, 0.15) is 29.7 Å². The summed E-state index contributed by atoms with van der Waals surface area (Å²) < 4.78 is 0. The summed E-state index contributed by atoms with van der Waals surface area (Å²) in [6.45, 7) is 2.10. The molecule has 0 saturated carbocycles. The quantitative estimate of drug-likeness (QED) is 0.792. The van der Waals surface area contributed by atoms with E-state index in [-0.39, 0.29) is 0 Å². The molecule has 0 aliphatic carbocycles. The highest BCUT2D eigenvalue weighted by molar-refractivity contribution is 5.43. The van der Waals surface area contributed by atoms with E-state index in [4.69, 9.17) is 5.73 Å². The summed E-state index contributed by atoms with van der Waals surface area (Å²) in [5.41, 5.74) is 9.36. The van der Waals surface area contributed by atoms with Crippen LogP contribution >= 0.6 is 0 Å². The molecule has 3 N–H and O–H groups in total. The monoisotopic (exact) mass is 227 g/mol. The smallest absolute Gasteiger partial charge is 0.104 e. The highest BCUT2D eigenvalue weighted by Gasteiger charge is 2.10. The van der Waals surface area contributed by atoms with Crippen molar-refractivity contribution in [1.29, 1.82) is 0 Å². The third-order valence-electron chi connectivity index (χ3n) is 2.90. The van der Waals surface area contributed by atoms with E-state index in [9.17, 15) is 5.11 Å². The van der Waals surface area contributed by atoms with E-state index in [1.807, 2.05) is 42.5 Å². The van der Waals surface area contributed by atoms with E-state index in [1.165, 1.54) is 5.56 Å². The lowest BCUT2D eigenvalue weighted by atomic mass is 9.99. The summed E-state index contributed by atoms with van der Waals surface area (Å²) in [6.07, 6.45) is 0.363. The number of nitrogen functional groups attached to an aromatic ring is 1. The van der Waals surface area contributed by atoms with Crippen molar-refractivity contribution in [1.82, 2.24) is 0 Å². The maximum atomic E-state index is 10.3. The minimum Gasteiger partial charge on any atom is -0.399 e. The highest BCUT2D eigenvalue weighted by atomic mass is 16.3. The van der Waals surface area contributed by atoms with Crippen molar-refractivity contribution in [3.05, 3.63) is 65.2 Å². The van der Waals surface area contributed by atoms with Crippen LogP contribution in [0.25, 0.3) is 0 Å². The number of aliphatic hydroxyl groups is 1. The number of aryl methyl sites for hydroxylation is 1. The molecule has 0 bridgehead atoms. The van der Waals surface area contributed by atoms with Crippen molar-refractivity contribution in [2.75, 3.05) is 5.73 Å². The van der Waals surface area contributed by atoms with Gasteiger partial charge in [0, 0.05) is 5.69 Å². The number of hydrogen-bond acceptors (Lipinski definition) is 2. The number of nitrogens with two attached hydrogens (primary N) is 1. The maximum absolute atomic E-state index is 10.3. The summed E-state index contributed by atoms with van der Waals surface area (Å²) >= 11 is 0. The second kappa shape index (κ2) is 5.02. The predicted octanol–water partition coefficient (Wildman–Crippen LogP) is 2.91. The topological polar surface area (TPSA) is 46.2 Å². The Morgan fingerprint density at radius 1 is 1.06 bits per heavy atom. The van der Waals surface area contributed by atoms with Gasteiger partial charge in [0.25, 0.3) is 0 Å². The standard InChI is InChI=1S/C15H17NO/c1-2-11-5-3-6-12(9-11)15(17)13-7-4-8-14(16)10-13/h3-10,15,17H,2,16H2,1H3. The summed E-state index contributed by atoms with van der Waals surface area (Å²) in [4.78, 5) is 0. The Morgan fingerprint density at radius 2 is 1.71 bits per heavy atom. The first-order valence-corrected chi connectivity index (χ1v) is 5.83. The Bertz CT molecular complexity index is 508. The van der Waals surface area contributed by atoms with E-state index >= 15 is 0 Å². The Morgan fingerprint density at radius 3 is 2.35 bits per heavy atom. The van der Waals surface area contributed by atoms with Gasteiger partial charge in [0.15, 0.2) is 0 Å². The Labute approximate surface area is 102 Å². The molecule has 1 atom stereocenters. The average molecular weight is 227 g/mol. The summed E-state index contributed by atoms with van der Waals surface area (Å²) in [7, 11) is 0. The van der Waals surface area contributed by atoms with Crippen LogP contribution in [0.15, 0.2) is 48.5 Å². The molecule has 0 fully saturated rings. The van der Waals surface area contributed by atoms with Gasteiger partial charge in [-0.3, -0.25) is 0 Å². The largest absolute Gasteiger partial charge is 0.399 e. The van der Waals surface area contributed by atoms with Crippen molar-refractivity contribution < 1.29 is 5.11 Å². The lowest BCUT2D eigenvalue weighted by Crippen LogP contribution is -2.01. The van der Waals surface area contributed by atoms with E-state index in [0.29, 0.717) is 5.69 Å². The molecule has 0 aromatic heterocycles. The molecule has 2 aromatic rings.